The molecule has 0 saturated carbocycles. The second-order valence-electron chi connectivity index (χ2n) is 5.38. The number of amides is 1. The third kappa shape index (κ3) is 3.80. The fraction of sp³-hybridized carbons (Fsp3) is 0.211. The average molecular weight is 309 g/mol. The van der Waals surface area contributed by atoms with Crippen LogP contribution in [0.2, 0.25) is 0 Å². The lowest BCUT2D eigenvalue weighted by molar-refractivity contribution is -0.120. The molecule has 1 aliphatic carbocycles. The van der Waals surface area contributed by atoms with Crippen LogP contribution in [-0.2, 0) is 4.79 Å². The van der Waals surface area contributed by atoms with Gasteiger partial charge in [0.25, 0.3) is 0 Å². The van der Waals surface area contributed by atoms with Crippen LogP contribution in [0, 0.1) is 5.92 Å². The lowest BCUT2D eigenvalue weighted by Crippen LogP contribution is -2.23. The molecule has 22 heavy (non-hydrogen) atoms. The van der Waals surface area contributed by atoms with E-state index in [1.165, 1.54) is 4.90 Å². The molecular weight excluding hydrogens is 290 g/mol. The van der Waals surface area contributed by atoms with Crippen molar-refractivity contribution in [3.05, 3.63) is 66.7 Å². The van der Waals surface area contributed by atoms with E-state index in [0.717, 1.165) is 29.8 Å². The number of carbonyl (C=O) groups is 1. The molecule has 1 atom stereocenters. The van der Waals surface area contributed by atoms with E-state index in [0.29, 0.717) is 0 Å². The predicted molar refractivity (Wildman–Crippen MR) is 92.1 cm³/mol. The van der Waals surface area contributed by atoms with E-state index >= 15 is 0 Å². The lowest BCUT2D eigenvalue weighted by atomic mass is 9.93. The molecule has 1 amide bonds. The number of hydrogen-bond acceptors (Lipinski definition) is 2. The van der Waals surface area contributed by atoms with Crippen LogP contribution in [0.5, 0.6) is 0 Å². The summed E-state index contributed by atoms with van der Waals surface area (Å²) in [5.41, 5.74) is 0.899. The first kappa shape index (κ1) is 14.9. The highest BCUT2D eigenvalue weighted by molar-refractivity contribution is 7.99. The van der Waals surface area contributed by atoms with E-state index in [-0.39, 0.29) is 11.8 Å². The van der Waals surface area contributed by atoms with E-state index in [9.17, 15) is 4.79 Å². The first-order valence-corrected chi connectivity index (χ1v) is 8.42. The van der Waals surface area contributed by atoms with Gasteiger partial charge in [0.1, 0.15) is 0 Å². The Labute approximate surface area is 135 Å². The fourth-order valence-electron chi connectivity index (χ4n) is 2.54. The fourth-order valence-corrected chi connectivity index (χ4v) is 3.46. The van der Waals surface area contributed by atoms with E-state index in [4.69, 9.17) is 0 Å². The van der Waals surface area contributed by atoms with Gasteiger partial charge in [-0.3, -0.25) is 4.79 Å². The van der Waals surface area contributed by atoms with E-state index in [1.807, 2.05) is 42.5 Å². The van der Waals surface area contributed by atoms with Gasteiger partial charge in [0.05, 0.1) is 5.69 Å². The maximum absolute atomic E-state index is 12.4. The third-order valence-corrected chi connectivity index (χ3v) is 4.84. The van der Waals surface area contributed by atoms with Crippen molar-refractivity contribution in [1.82, 2.24) is 0 Å². The molecule has 0 spiro atoms. The number of rotatable bonds is 4. The van der Waals surface area contributed by atoms with Gasteiger partial charge in [-0.1, -0.05) is 54.2 Å². The van der Waals surface area contributed by atoms with Gasteiger partial charge in [0, 0.05) is 15.7 Å². The van der Waals surface area contributed by atoms with Crippen LogP contribution in [-0.4, -0.2) is 5.91 Å². The largest absolute Gasteiger partial charge is 0.325 e. The molecule has 2 aromatic carbocycles. The number of carbonyl (C=O) groups excluding carboxylic acids is 1. The van der Waals surface area contributed by atoms with Gasteiger partial charge in [-0.15, -0.1) is 0 Å². The van der Waals surface area contributed by atoms with Crippen molar-refractivity contribution < 1.29 is 4.79 Å². The minimum absolute atomic E-state index is 0.0970. The van der Waals surface area contributed by atoms with Gasteiger partial charge in [-0.05, 0) is 43.5 Å². The third-order valence-electron chi connectivity index (χ3n) is 3.76. The number of para-hydroxylation sites is 1. The van der Waals surface area contributed by atoms with Crippen LogP contribution in [0.25, 0.3) is 0 Å². The topological polar surface area (TPSA) is 29.1 Å². The zero-order valence-electron chi connectivity index (χ0n) is 12.4. The maximum atomic E-state index is 12.4. The first-order valence-electron chi connectivity index (χ1n) is 7.61. The molecule has 112 valence electrons. The van der Waals surface area contributed by atoms with Crippen molar-refractivity contribution in [2.45, 2.75) is 29.1 Å². The van der Waals surface area contributed by atoms with Gasteiger partial charge < -0.3 is 5.32 Å². The summed E-state index contributed by atoms with van der Waals surface area (Å²) >= 11 is 1.67. The van der Waals surface area contributed by atoms with Crippen molar-refractivity contribution >= 4 is 23.4 Å². The van der Waals surface area contributed by atoms with Crippen LogP contribution in [0.15, 0.2) is 76.5 Å². The monoisotopic (exact) mass is 309 g/mol. The molecule has 0 radical (unpaired) electrons. The Morgan fingerprint density at radius 2 is 1.77 bits per heavy atom. The molecule has 0 heterocycles. The molecule has 0 bridgehead atoms. The Kier molecular flexibility index (Phi) is 4.96. The second kappa shape index (κ2) is 7.32. The van der Waals surface area contributed by atoms with Gasteiger partial charge in [-0.2, -0.15) is 0 Å². The van der Waals surface area contributed by atoms with Crippen LogP contribution in [0.4, 0.5) is 5.69 Å². The zero-order valence-corrected chi connectivity index (χ0v) is 13.2. The van der Waals surface area contributed by atoms with Crippen molar-refractivity contribution in [3.63, 3.8) is 0 Å². The van der Waals surface area contributed by atoms with Crippen molar-refractivity contribution in [3.8, 4) is 0 Å². The Bertz CT molecular complexity index is 666. The van der Waals surface area contributed by atoms with E-state index < -0.39 is 0 Å². The molecule has 0 fully saturated rings. The summed E-state index contributed by atoms with van der Waals surface area (Å²) in [6.45, 7) is 0. The number of anilines is 1. The number of nitrogens with one attached hydrogen (secondary N) is 1. The maximum Gasteiger partial charge on any atom is 0.227 e. The van der Waals surface area contributed by atoms with Crippen LogP contribution in [0.1, 0.15) is 19.3 Å². The molecule has 1 N–H and O–H groups in total. The Balaban J connectivity index is 1.73. The second-order valence-corrected chi connectivity index (χ2v) is 6.50. The summed E-state index contributed by atoms with van der Waals surface area (Å²) in [6.07, 6.45) is 7.05. The molecule has 3 heteroatoms. The molecule has 0 saturated heterocycles. The molecule has 0 unspecified atom stereocenters. The summed E-state index contributed by atoms with van der Waals surface area (Å²) in [6, 6.07) is 18.2. The number of allylic oxidation sites excluding steroid dienone is 2. The molecule has 1 aliphatic rings. The first-order chi connectivity index (χ1) is 10.8. The summed E-state index contributed by atoms with van der Waals surface area (Å²) in [5, 5.41) is 3.11. The Hall–Kier alpha value is -2.00. The van der Waals surface area contributed by atoms with Gasteiger partial charge in [0.2, 0.25) is 5.91 Å². The highest BCUT2D eigenvalue weighted by Crippen LogP contribution is 2.33. The number of hydrogen-bond donors (Lipinski definition) is 1. The standard InChI is InChI=1S/C19H19NOS/c21-19(15-9-3-1-4-10-15)20-17-13-7-8-14-18(17)22-16-11-5-2-6-12-16/h1-3,5-8,11-15H,4,9-10H2,(H,20,21)/t15-/m1/s1. The van der Waals surface area contributed by atoms with Gasteiger partial charge in [-0.25, -0.2) is 0 Å². The molecule has 0 aromatic heterocycles. The highest BCUT2D eigenvalue weighted by Gasteiger charge is 2.19. The van der Waals surface area contributed by atoms with E-state index in [1.54, 1.807) is 11.8 Å². The Morgan fingerprint density at radius 3 is 2.55 bits per heavy atom. The minimum atomic E-state index is 0.0970. The van der Waals surface area contributed by atoms with Crippen molar-refractivity contribution in [2.75, 3.05) is 5.32 Å². The predicted octanol–water partition coefficient (Wildman–Crippen LogP) is 5.13. The zero-order chi connectivity index (χ0) is 15.2. The lowest BCUT2D eigenvalue weighted by Gasteiger charge is -2.18. The van der Waals surface area contributed by atoms with Crippen molar-refractivity contribution in [2.24, 2.45) is 5.92 Å². The molecule has 0 aliphatic heterocycles. The smallest absolute Gasteiger partial charge is 0.227 e. The molecular formula is C19H19NOS. The summed E-state index contributed by atoms with van der Waals surface area (Å²) in [4.78, 5) is 14.7. The molecule has 2 aromatic rings. The molecule has 2 nitrogen and oxygen atoms in total. The average Bonchev–Trinajstić information content (AvgIpc) is 2.58. The quantitative estimate of drug-likeness (QED) is 0.793. The van der Waals surface area contributed by atoms with Gasteiger partial charge >= 0.3 is 0 Å². The summed E-state index contributed by atoms with van der Waals surface area (Å²) in [5.74, 6) is 0.227. The SMILES string of the molecule is O=C(Nc1ccccc1Sc1ccccc1)[C@@H]1CC=CCC1. The normalized spacial score (nSPS) is 17.2. The molecule has 3 rings (SSSR count). The minimum Gasteiger partial charge on any atom is -0.325 e. The van der Waals surface area contributed by atoms with Crippen LogP contribution in [0.3, 0.4) is 0 Å². The summed E-state index contributed by atoms with van der Waals surface area (Å²) < 4.78 is 0. The Morgan fingerprint density at radius 1 is 1.00 bits per heavy atom. The van der Waals surface area contributed by atoms with E-state index in [2.05, 4.69) is 29.6 Å². The van der Waals surface area contributed by atoms with Crippen LogP contribution >= 0.6 is 11.8 Å². The van der Waals surface area contributed by atoms with Gasteiger partial charge in [0.15, 0.2) is 0 Å². The number of benzene rings is 2. The van der Waals surface area contributed by atoms with Crippen LogP contribution < -0.4 is 5.32 Å². The van der Waals surface area contributed by atoms with Crippen molar-refractivity contribution in [1.29, 1.82) is 0 Å². The summed E-state index contributed by atoms with van der Waals surface area (Å²) in [7, 11) is 0. The highest BCUT2D eigenvalue weighted by atomic mass is 32.2.